The molecule has 0 bridgehead atoms. The highest BCUT2D eigenvalue weighted by Gasteiger charge is 2.45. The lowest BCUT2D eigenvalue weighted by Crippen LogP contribution is -2.33. The van der Waals surface area contributed by atoms with E-state index >= 15 is 0 Å². The van der Waals surface area contributed by atoms with Crippen LogP contribution in [0.1, 0.15) is 6.23 Å². The number of aromatic nitrogens is 4. The summed E-state index contributed by atoms with van der Waals surface area (Å²) in [5, 5.41) is 20.3. The molecule has 5 atom stereocenters. The van der Waals surface area contributed by atoms with Crippen LogP contribution in [-0.4, -0.2) is 69.3 Å². The Morgan fingerprint density at radius 1 is 1.26 bits per heavy atom. The third-order valence-electron chi connectivity index (χ3n) is 3.60. The number of ether oxygens (including phenoxy) is 1. The number of aromatic amines is 1. The number of hydrogen-bond acceptors (Lipinski definition) is 10. The van der Waals surface area contributed by atoms with Gasteiger partial charge in [0, 0.05) is 0 Å². The standard InChI is InChI=1S/C10H14N4O10P2S/c15-6-4(1-22-26(20,21)24-25(17,18)19)23-10(7(6)16)14-3-13-5-8(14)11-2-12-9(5)27/h2-4,6-7,10,15-16H,1H2,(H,20,21)(H,11,12,27)(H2,17,18,19)/t4-,6+,7-,10-/m0/s1. The topological polar surface area (TPSA) is 209 Å². The van der Waals surface area contributed by atoms with Gasteiger partial charge in [-0.05, 0) is 0 Å². The lowest BCUT2D eigenvalue weighted by molar-refractivity contribution is -0.0503. The van der Waals surface area contributed by atoms with E-state index in [1.54, 1.807) is 0 Å². The Morgan fingerprint density at radius 2 is 1.96 bits per heavy atom. The minimum Gasteiger partial charge on any atom is -0.387 e. The fourth-order valence-electron chi connectivity index (χ4n) is 2.49. The Hall–Kier alpha value is -1.09. The second-order valence-electron chi connectivity index (χ2n) is 5.44. The van der Waals surface area contributed by atoms with Gasteiger partial charge in [-0.3, -0.25) is 9.09 Å². The minimum absolute atomic E-state index is 0.200. The van der Waals surface area contributed by atoms with Crippen molar-refractivity contribution in [2.45, 2.75) is 24.5 Å². The van der Waals surface area contributed by atoms with E-state index in [9.17, 15) is 24.2 Å². The molecule has 2 aromatic heterocycles. The summed E-state index contributed by atoms with van der Waals surface area (Å²) in [5.74, 6) is 0. The molecular weight excluding hydrogens is 430 g/mol. The Balaban J connectivity index is 1.76. The van der Waals surface area contributed by atoms with E-state index in [0.717, 1.165) is 0 Å². The van der Waals surface area contributed by atoms with Crippen LogP contribution in [0.15, 0.2) is 12.7 Å². The van der Waals surface area contributed by atoms with Crippen molar-refractivity contribution in [3.63, 3.8) is 0 Å². The zero-order valence-electron chi connectivity index (χ0n) is 13.1. The van der Waals surface area contributed by atoms with Crippen LogP contribution >= 0.6 is 27.9 Å². The number of imidazole rings is 1. The summed E-state index contributed by atoms with van der Waals surface area (Å²) >= 11 is 5.03. The van der Waals surface area contributed by atoms with Gasteiger partial charge in [-0.1, -0.05) is 12.2 Å². The molecule has 1 unspecified atom stereocenters. The number of H-pyrrole nitrogens is 1. The molecule has 0 spiro atoms. The van der Waals surface area contributed by atoms with Gasteiger partial charge in [0.15, 0.2) is 10.9 Å². The molecule has 0 saturated carbocycles. The summed E-state index contributed by atoms with van der Waals surface area (Å²) in [7, 11) is -10.4. The molecule has 1 saturated heterocycles. The first-order chi connectivity index (χ1) is 12.5. The molecule has 0 amide bonds. The first kappa shape index (κ1) is 20.6. The molecule has 0 radical (unpaired) electrons. The van der Waals surface area contributed by atoms with E-state index in [4.69, 9.17) is 26.7 Å². The van der Waals surface area contributed by atoms with Crippen molar-refractivity contribution in [3.8, 4) is 0 Å². The molecule has 2 aromatic rings. The highest BCUT2D eigenvalue weighted by molar-refractivity contribution is 7.71. The number of aliphatic hydroxyl groups excluding tert-OH is 2. The van der Waals surface area contributed by atoms with Crippen molar-refractivity contribution in [1.82, 2.24) is 19.5 Å². The Kier molecular flexibility index (Phi) is 5.65. The maximum Gasteiger partial charge on any atom is 0.481 e. The van der Waals surface area contributed by atoms with Gasteiger partial charge in [-0.25, -0.2) is 19.1 Å². The number of phosphoric acid groups is 2. The smallest absolute Gasteiger partial charge is 0.387 e. The van der Waals surface area contributed by atoms with Crippen LogP contribution < -0.4 is 0 Å². The second kappa shape index (κ2) is 7.39. The van der Waals surface area contributed by atoms with E-state index in [1.165, 1.54) is 17.2 Å². The van der Waals surface area contributed by atoms with Crippen molar-refractivity contribution >= 4 is 39.0 Å². The summed E-state index contributed by atoms with van der Waals surface area (Å²) in [5.41, 5.74) is 0.679. The molecular formula is C10H14N4O10P2S. The maximum atomic E-state index is 11.5. The number of aliphatic hydroxyl groups is 2. The first-order valence-electron chi connectivity index (χ1n) is 7.14. The quantitative estimate of drug-likeness (QED) is 0.242. The molecule has 14 nitrogen and oxygen atoms in total. The van der Waals surface area contributed by atoms with Crippen LogP contribution in [0.4, 0.5) is 0 Å². The van der Waals surface area contributed by atoms with Crippen LogP contribution in [0.2, 0.25) is 0 Å². The Bertz CT molecular complexity index is 990. The van der Waals surface area contributed by atoms with Crippen LogP contribution in [0.5, 0.6) is 0 Å². The average Bonchev–Trinajstić information content (AvgIpc) is 3.07. The molecule has 1 aliphatic heterocycles. The van der Waals surface area contributed by atoms with Crippen molar-refractivity contribution in [1.29, 1.82) is 0 Å². The third-order valence-corrected chi connectivity index (χ3v) is 6.05. The van der Waals surface area contributed by atoms with Crippen molar-refractivity contribution in [2.75, 3.05) is 6.61 Å². The van der Waals surface area contributed by atoms with Gasteiger partial charge >= 0.3 is 15.6 Å². The summed E-state index contributed by atoms with van der Waals surface area (Å²) in [6.45, 7) is -0.799. The summed E-state index contributed by atoms with van der Waals surface area (Å²) in [4.78, 5) is 37.1. The number of rotatable bonds is 6. The van der Waals surface area contributed by atoms with Crippen molar-refractivity contribution in [2.24, 2.45) is 0 Å². The first-order valence-corrected chi connectivity index (χ1v) is 10.6. The molecule has 6 N–H and O–H groups in total. The fourth-order valence-corrected chi connectivity index (χ4v) is 4.29. The lowest BCUT2D eigenvalue weighted by Gasteiger charge is -2.17. The summed E-state index contributed by atoms with van der Waals surface area (Å²) < 4.78 is 37.1. The molecule has 3 rings (SSSR count). The number of fused-ring (bicyclic) bond motifs is 1. The number of nitrogens with one attached hydrogen (secondary N) is 1. The van der Waals surface area contributed by atoms with Gasteiger partial charge in [0.25, 0.3) is 0 Å². The van der Waals surface area contributed by atoms with Crippen LogP contribution in [0.25, 0.3) is 11.2 Å². The Morgan fingerprint density at radius 3 is 2.63 bits per heavy atom. The molecule has 150 valence electrons. The molecule has 27 heavy (non-hydrogen) atoms. The van der Waals surface area contributed by atoms with Gasteiger partial charge in [-0.15, -0.1) is 0 Å². The zero-order valence-corrected chi connectivity index (χ0v) is 15.7. The van der Waals surface area contributed by atoms with Crippen molar-refractivity contribution < 1.29 is 47.6 Å². The SMILES string of the molecule is O=P(O)(O)OP(=O)(O)OC[C@@H]1O[C@H](n2cnc3c(=S)nc[nH]c32)[C@@H](O)[C@@H]1O. The molecule has 1 fully saturated rings. The molecule has 17 heteroatoms. The number of nitrogens with zero attached hydrogens (tertiary/aromatic N) is 3. The maximum absolute atomic E-state index is 11.5. The highest BCUT2D eigenvalue weighted by Crippen LogP contribution is 2.57. The normalized spacial score (nSPS) is 28.5. The fraction of sp³-hybridized carbons (Fsp3) is 0.500. The van der Waals surface area contributed by atoms with E-state index in [-0.39, 0.29) is 4.64 Å². The van der Waals surface area contributed by atoms with Crippen molar-refractivity contribution in [3.05, 3.63) is 17.3 Å². The largest absolute Gasteiger partial charge is 0.481 e. The summed E-state index contributed by atoms with van der Waals surface area (Å²) in [6, 6.07) is 0. The van der Waals surface area contributed by atoms with E-state index in [2.05, 4.69) is 23.8 Å². The van der Waals surface area contributed by atoms with E-state index < -0.39 is 46.8 Å². The highest BCUT2D eigenvalue weighted by atomic mass is 32.1. The van der Waals surface area contributed by atoms with Crippen LogP contribution in [-0.2, 0) is 22.7 Å². The van der Waals surface area contributed by atoms with Gasteiger partial charge in [0.05, 0.1) is 19.3 Å². The molecule has 3 heterocycles. The second-order valence-corrected chi connectivity index (χ2v) is 8.66. The van der Waals surface area contributed by atoms with Gasteiger partial charge < -0.3 is 34.6 Å². The third kappa shape index (κ3) is 4.50. The Labute approximate surface area is 155 Å². The van der Waals surface area contributed by atoms with Crippen LogP contribution in [0, 0.1) is 4.64 Å². The number of phosphoric ester groups is 1. The number of hydrogen-bond donors (Lipinski definition) is 6. The van der Waals surface area contributed by atoms with Gasteiger partial charge in [0.2, 0.25) is 0 Å². The molecule has 0 aliphatic carbocycles. The van der Waals surface area contributed by atoms with E-state index in [1.807, 2.05) is 0 Å². The predicted octanol–water partition coefficient (Wildman–Crippen LogP) is -0.666. The van der Waals surface area contributed by atoms with Gasteiger partial charge in [0.1, 0.15) is 29.5 Å². The van der Waals surface area contributed by atoms with Gasteiger partial charge in [-0.2, -0.15) is 4.31 Å². The zero-order chi connectivity index (χ0) is 20.0. The predicted molar refractivity (Wildman–Crippen MR) is 87.5 cm³/mol. The van der Waals surface area contributed by atoms with Crippen LogP contribution in [0.3, 0.4) is 0 Å². The average molecular weight is 444 g/mol. The minimum atomic E-state index is -5.28. The summed E-state index contributed by atoms with van der Waals surface area (Å²) in [6.07, 6.45) is -2.90. The molecule has 1 aliphatic rings. The monoisotopic (exact) mass is 444 g/mol. The lowest BCUT2D eigenvalue weighted by atomic mass is 10.1. The van der Waals surface area contributed by atoms with E-state index in [0.29, 0.717) is 11.2 Å². The molecule has 0 aromatic carbocycles.